The summed E-state index contributed by atoms with van der Waals surface area (Å²) in [6.45, 7) is 8.10. The molecule has 1 N–H and O–H groups in total. The summed E-state index contributed by atoms with van der Waals surface area (Å²) in [7, 11) is 2.26. The van der Waals surface area contributed by atoms with Crippen LogP contribution in [-0.4, -0.2) is 36.1 Å². The van der Waals surface area contributed by atoms with Crippen molar-refractivity contribution < 1.29 is 0 Å². The lowest BCUT2D eigenvalue weighted by molar-refractivity contribution is 0.202. The largest absolute Gasteiger partial charge is 0.309 e. The summed E-state index contributed by atoms with van der Waals surface area (Å²) in [6, 6.07) is 1.64. The molecule has 2 nitrogen and oxygen atoms in total. The molecule has 0 aromatic rings. The first-order chi connectivity index (χ1) is 5.96. The first-order valence-electron chi connectivity index (χ1n) is 5.43. The molecule has 2 rings (SSSR count). The summed E-state index contributed by atoms with van der Waals surface area (Å²) >= 11 is 0. The second kappa shape index (κ2) is 2.96. The second-order valence-electron chi connectivity index (χ2n) is 5.83. The Balaban J connectivity index is 1.92. The van der Waals surface area contributed by atoms with Crippen LogP contribution >= 0.6 is 0 Å². The Morgan fingerprint density at radius 1 is 1.23 bits per heavy atom. The fourth-order valence-electron chi connectivity index (χ4n) is 2.91. The molecule has 2 fully saturated rings. The molecule has 0 spiro atoms. The highest BCUT2D eigenvalue weighted by molar-refractivity contribution is 5.01. The number of fused-ring (bicyclic) bond motifs is 2. The predicted molar refractivity (Wildman–Crippen MR) is 55.8 cm³/mol. The van der Waals surface area contributed by atoms with Gasteiger partial charge in [-0.1, -0.05) is 0 Å². The highest BCUT2D eigenvalue weighted by Gasteiger charge is 2.43. The molecule has 2 aliphatic rings. The number of nitrogens with one attached hydrogen (secondary N) is 1. The van der Waals surface area contributed by atoms with Crippen LogP contribution in [-0.2, 0) is 0 Å². The monoisotopic (exact) mass is 182 g/mol. The van der Waals surface area contributed by atoms with Crippen molar-refractivity contribution in [2.75, 3.05) is 13.6 Å². The van der Waals surface area contributed by atoms with E-state index >= 15 is 0 Å². The zero-order chi connectivity index (χ0) is 9.64. The smallest absolute Gasteiger partial charge is 0.0128 e. The fourth-order valence-corrected chi connectivity index (χ4v) is 2.91. The van der Waals surface area contributed by atoms with Gasteiger partial charge in [0.2, 0.25) is 0 Å². The lowest BCUT2D eigenvalue weighted by Gasteiger charge is -2.34. The van der Waals surface area contributed by atoms with E-state index in [9.17, 15) is 0 Å². The van der Waals surface area contributed by atoms with Crippen molar-refractivity contribution in [2.45, 2.75) is 51.2 Å². The van der Waals surface area contributed by atoms with Gasteiger partial charge < -0.3 is 10.2 Å². The molecule has 1 heterocycles. The first-order valence-corrected chi connectivity index (χ1v) is 5.43. The molecule has 0 radical (unpaired) electrons. The van der Waals surface area contributed by atoms with Crippen LogP contribution in [0.4, 0.5) is 0 Å². The van der Waals surface area contributed by atoms with Crippen molar-refractivity contribution in [3.8, 4) is 0 Å². The van der Waals surface area contributed by atoms with Gasteiger partial charge in [-0.15, -0.1) is 0 Å². The first kappa shape index (κ1) is 9.47. The highest BCUT2D eigenvalue weighted by atomic mass is 15.2. The SMILES string of the molecule is CN1CC2CC1CC2NC(C)(C)C. The van der Waals surface area contributed by atoms with Gasteiger partial charge in [-0.05, 0) is 46.6 Å². The Labute approximate surface area is 81.7 Å². The van der Waals surface area contributed by atoms with Gasteiger partial charge in [0, 0.05) is 24.2 Å². The quantitative estimate of drug-likeness (QED) is 0.660. The van der Waals surface area contributed by atoms with E-state index < -0.39 is 0 Å². The molecule has 0 aromatic carbocycles. The van der Waals surface area contributed by atoms with Crippen molar-refractivity contribution in [3.05, 3.63) is 0 Å². The van der Waals surface area contributed by atoms with E-state index in [0.717, 1.165) is 18.0 Å². The van der Waals surface area contributed by atoms with Crippen molar-refractivity contribution >= 4 is 0 Å². The van der Waals surface area contributed by atoms with Gasteiger partial charge in [0.25, 0.3) is 0 Å². The molecule has 76 valence electrons. The number of likely N-dealkylation sites (tertiary alicyclic amines) is 1. The van der Waals surface area contributed by atoms with E-state index in [1.54, 1.807) is 0 Å². The number of piperidine rings is 1. The zero-order valence-electron chi connectivity index (χ0n) is 9.30. The molecule has 1 aliphatic heterocycles. The molecule has 0 aromatic heterocycles. The van der Waals surface area contributed by atoms with Crippen molar-refractivity contribution in [2.24, 2.45) is 5.92 Å². The maximum atomic E-state index is 3.74. The van der Waals surface area contributed by atoms with Crippen LogP contribution in [0.2, 0.25) is 0 Å². The molecule has 2 bridgehead atoms. The summed E-state index contributed by atoms with van der Waals surface area (Å²) in [5.41, 5.74) is 0.285. The molecule has 1 aliphatic carbocycles. The van der Waals surface area contributed by atoms with Gasteiger partial charge in [-0.2, -0.15) is 0 Å². The number of hydrogen-bond acceptors (Lipinski definition) is 2. The maximum absolute atomic E-state index is 3.74. The van der Waals surface area contributed by atoms with Crippen LogP contribution in [0.25, 0.3) is 0 Å². The summed E-state index contributed by atoms with van der Waals surface area (Å²) < 4.78 is 0. The van der Waals surface area contributed by atoms with Crippen LogP contribution in [0.5, 0.6) is 0 Å². The summed E-state index contributed by atoms with van der Waals surface area (Å²) in [6.07, 6.45) is 2.78. The Hall–Kier alpha value is -0.0800. The van der Waals surface area contributed by atoms with Gasteiger partial charge in [0.1, 0.15) is 0 Å². The molecule has 3 unspecified atom stereocenters. The van der Waals surface area contributed by atoms with Gasteiger partial charge in [-0.25, -0.2) is 0 Å². The third-order valence-electron chi connectivity index (χ3n) is 3.43. The summed E-state index contributed by atoms with van der Waals surface area (Å²) in [4.78, 5) is 2.52. The third kappa shape index (κ3) is 1.89. The van der Waals surface area contributed by atoms with Crippen LogP contribution in [0.3, 0.4) is 0 Å². The Morgan fingerprint density at radius 2 is 1.92 bits per heavy atom. The molecule has 13 heavy (non-hydrogen) atoms. The van der Waals surface area contributed by atoms with Crippen LogP contribution in [0.15, 0.2) is 0 Å². The normalized spacial score (nSPS) is 40.2. The molecule has 1 saturated carbocycles. The lowest BCUT2D eigenvalue weighted by Crippen LogP contribution is -2.49. The average Bonchev–Trinajstić information content (AvgIpc) is 2.42. The fraction of sp³-hybridized carbons (Fsp3) is 1.00. The second-order valence-corrected chi connectivity index (χ2v) is 5.83. The van der Waals surface area contributed by atoms with Crippen LogP contribution in [0, 0.1) is 5.92 Å². The molecule has 0 amide bonds. The van der Waals surface area contributed by atoms with Gasteiger partial charge in [-0.3, -0.25) is 0 Å². The van der Waals surface area contributed by atoms with Crippen molar-refractivity contribution in [3.63, 3.8) is 0 Å². The molecule has 1 saturated heterocycles. The Morgan fingerprint density at radius 3 is 2.31 bits per heavy atom. The van der Waals surface area contributed by atoms with Crippen molar-refractivity contribution in [1.29, 1.82) is 0 Å². The number of rotatable bonds is 1. The summed E-state index contributed by atoms with van der Waals surface area (Å²) in [5.74, 6) is 0.911. The van der Waals surface area contributed by atoms with Gasteiger partial charge >= 0.3 is 0 Å². The lowest BCUT2D eigenvalue weighted by atomic mass is 9.99. The Bertz CT molecular complexity index is 193. The van der Waals surface area contributed by atoms with Crippen LogP contribution in [0.1, 0.15) is 33.6 Å². The maximum Gasteiger partial charge on any atom is 0.0128 e. The molecule has 2 heteroatoms. The van der Waals surface area contributed by atoms with E-state index in [1.807, 2.05) is 0 Å². The average molecular weight is 182 g/mol. The predicted octanol–water partition coefficient (Wildman–Crippen LogP) is 1.47. The Kier molecular flexibility index (Phi) is 2.16. The number of nitrogens with zero attached hydrogens (tertiary/aromatic N) is 1. The van der Waals surface area contributed by atoms with E-state index in [4.69, 9.17) is 0 Å². The minimum Gasteiger partial charge on any atom is -0.309 e. The van der Waals surface area contributed by atoms with Gasteiger partial charge in [0.15, 0.2) is 0 Å². The van der Waals surface area contributed by atoms with E-state index in [1.165, 1.54) is 19.4 Å². The van der Waals surface area contributed by atoms with E-state index in [0.29, 0.717) is 0 Å². The molecular formula is C11H22N2. The summed E-state index contributed by atoms with van der Waals surface area (Å²) in [5, 5.41) is 3.74. The zero-order valence-corrected chi connectivity index (χ0v) is 9.30. The molecular weight excluding hydrogens is 160 g/mol. The topological polar surface area (TPSA) is 15.3 Å². The van der Waals surface area contributed by atoms with Crippen LogP contribution < -0.4 is 5.32 Å². The van der Waals surface area contributed by atoms with Gasteiger partial charge in [0.05, 0.1) is 0 Å². The van der Waals surface area contributed by atoms with E-state index in [2.05, 4.69) is 38.0 Å². The standard InChI is InChI=1S/C11H22N2/c1-11(2,3)12-10-6-9-5-8(10)7-13(9)4/h8-10,12H,5-7H2,1-4H3. The molecule has 3 atom stereocenters. The van der Waals surface area contributed by atoms with E-state index in [-0.39, 0.29) is 5.54 Å². The minimum absolute atomic E-state index is 0.285. The number of hydrogen-bond donors (Lipinski definition) is 1. The highest BCUT2D eigenvalue weighted by Crippen LogP contribution is 2.37. The third-order valence-corrected chi connectivity index (χ3v) is 3.43. The van der Waals surface area contributed by atoms with Crippen molar-refractivity contribution in [1.82, 2.24) is 10.2 Å². The minimum atomic E-state index is 0.285.